The van der Waals surface area contributed by atoms with Crippen LogP contribution in [0.3, 0.4) is 0 Å². The highest BCUT2D eigenvalue weighted by Crippen LogP contribution is 2.09. The molecule has 1 fully saturated rings. The van der Waals surface area contributed by atoms with Crippen LogP contribution in [0.15, 0.2) is 30.3 Å². The summed E-state index contributed by atoms with van der Waals surface area (Å²) >= 11 is 0. The molecule has 0 saturated carbocycles. The minimum atomic E-state index is -0.122. The van der Waals surface area contributed by atoms with E-state index in [0.717, 1.165) is 31.4 Å². The van der Waals surface area contributed by atoms with Gasteiger partial charge in [-0.05, 0) is 24.9 Å². The standard InChI is InChI=1S/C13H17NO2/c15-13(12-8-4-5-9-14-12)16-10-11-6-2-1-3-7-11/h1-3,6-7,12,14H,4-5,8-10H2/t12-/m0/s1. The molecule has 3 nitrogen and oxygen atoms in total. The van der Waals surface area contributed by atoms with Crippen LogP contribution < -0.4 is 5.32 Å². The highest BCUT2D eigenvalue weighted by Gasteiger charge is 2.21. The molecule has 0 radical (unpaired) electrons. The molecule has 0 amide bonds. The van der Waals surface area contributed by atoms with E-state index in [0.29, 0.717) is 6.61 Å². The molecule has 0 unspecified atom stereocenters. The number of esters is 1. The molecule has 0 aliphatic carbocycles. The summed E-state index contributed by atoms with van der Waals surface area (Å²) in [4.78, 5) is 11.7. The minimum absolute atomic E-state index is 0.0996. The van der Waals surface area contributed by atoms with E-state index in [2.05, 4.69) is 5.32 Å². The predicted octanol–water partition coefficient (Wildman–Crippen LogP) is 1.87. The maximum atomic E-state index is 11.7. The van der Waals surface area contributed by atoms with Crippen molar-refractivity contribution >= 4 is 5.97 Å². The van der Waals surface area contributed by atoms with Crippen LogP contribution in [0.2, 0.25) is 0 Å². The van der Waals surface area contributed by atoms with E-state index in [9.17, 15) is 4.79 Å². The molecule has 1 aliphatic heterocycles. The summed E-state index contributed by atoms with van der Waals surface area (Å²) in [6, 6.07) is 9.67. The number of ether oxygens (including phenoxy) is 1. The Hall–Kier alpha value is -1.35. The monoisotopic (exact) mass is 219 g/mol. The normalized spacial score (nSPS) is 20.4. The summed E-state index contributed by atoms with van der Waals surface area (Å²) in [6.45, 7) is 1.29. The first-order valence-electron chi connectivity index (χ1n) is 5.80. The van der Waals surface area contributed by atoms with Gasteiger partial charge < -0.3 is 10.1 Å². The Kier molecular flexibility index (Phi) is 3.94. The highest BCUT2D eigenvalue weighted by molar-refractivity contribution is 5.75. The van der Waals surface area contributed by atoms with Crippen LogP contribution in [0.1, 0.15) is 24.8 Å². The van der Waals surface area contributed by atoms with Crippen molar-refractivity contribution in [2.45, 2.75) is 31.9 Å². The van der Waals surface area contributed by atoms with Crippen LogP contribution >= 0.6 is 0 Å². The van der Waals surface area contributed by atoms with Crippen LogP contribution in [-0.2, 0) is 16.1 Å². The van der Waals surface area contributed by atoms with E-state index in [1.807, 2.05) is 30.3 Å². The maximum absolute atomic E-state index is 11.7. The van der Waals surface area contributed by atoms with E-state index in [-0.39, 0.29) is 12.0 Å². The molecule has 1 heterocycles. The average molecular weight is 219 g/mol. The first kappa shape index (κ1) is 11.1. The number of carbonyl (C=O) groups is 1. The summed E-state index contributed by atoms with van der Waals surface area (Å²) < 4.78 is 5.27. The van der Waals surface area contributed by atoms with Crippen LogP contribution in [0.5, 0.6) is 0 Å². The molecule has 86 valence electrons. The molecule has 1 aliphatic rings. The van der Waals surface area contributed by atoms with Crippen molar-refractivity contribution in [1.82, 2.24) is 5.32 Å². The quantitative estimate of drug-likeness (QED) is 0.789. The van der Waals surface area contributed by atoms with E-state index in [1.54, 1.807) is 0 Å². The minimum Gasteiger partial charge on any atom is -0.460 e. The molecular formula is C13H17NO2. The van der Waals surface area contributed by atoms with E-state index < -0.39 is 0 Å². The molecule has 1 aromatic rings. The highest BCUT2D eigenvalue weighted by atomic mass is 16.5. The van der Waals surface area contributed by atoms with Crippen molar-refractivity contribution in [3.05, 3.63) is 35.9 Å². The fourth-order valence-corrected chi connectivity index (χ4v) is 1.88. The van der Waals surface area contributed by atoms with Gasteiger partial charge in [0.05, 0.1) is 0 Å². The summed E-state index contributed by atoms with van der Waals surface area (Å²) in [7, 11) is 0. The molecule has 16 heavy (non-hydrogen) atoms. The van der Waals surface area contributed by atoms with Crippen molar-refractivity contribution in [2.75, 3.05) is 6.54 Å². The van der Waals surface area contributed by atoms with E-state index in [1.165, 1.54) is 0 Å². The first-order valence-corrected chi connectivity index (χ1v) is 5.80. The van der Waals surface area contributed by atoms with Gasteiger partial charge in [0.2, 0.25) is 0 Å². The third-order valence-electron chi connectivity index (χ3n) is 2.82. The zero-order chi connectivity index (χ0) is 11.2. The lowest BCUT2D eigenvalue weighted by atomic mass is 10.1. The molecule has 1 saturated heterocycles. The molecule has 1 atom stereocenters. The zero-order valence-electron chi connectivity index (χ0n) is 9.32. The average Bonchev–Trinajstić information content (AvgIpc) is 2.38. The van der Waals surface area contributed by atoms with Gasteiger partial charge in [-0.1, -0.05) is 36.8 Å². The second kappa shape index (κ2) is 5.66. The molecule has 3 heteroatoms. The van der Waals surface area contributed by atoms with Crippen molar-refractivity contribution in [2.24, 2.45) is 0 Å². The third-order valence-corrected chi connectivity index (χ3v) is 2.82. The molecule has 0 bridgehead atoms. The summed E-state index contributed by atoms with van der Waals surface area (Å²) in [5.74, 6) is -0.122. The topological polar surface area (TPSA) is 38.3 Å². The van der Waals surface area contributed by atoms with E-state index >= 15 is 0 Å². The Labute approximate surface area is 95.8 Å². The lowest BCUT2D eigenvalue weighted by Crippen LogP contribution is -2.41. The Bertz CT molecular complexity index is 331. The summed E-state index contributed by atoms with van der Waals surface area (Å²) in [6.07, 6.45) is 3.16. The van der Waals surface area contributed by atoms with Gasteiger partial charge >= 0.3 is 5.97 Å². The fraction of sp³-hybridized carbons (Fsp3) is 0.462. The lowest BCUT2D eigenvalue weighted by Gasteiger charge is -2.21. The van der Waals surface area contributed by atoms with Gasteiger partial charge in [0.15, 0.2) is 0 Å². The molecule has 1 N–H and O–H groups in total. The van der Waals surface area contributed by atoms with Gasteiger partial charge in [-0.25, -0.2) is 0 Å². The summed E-state index contributed by atoms with van der Waals surface area (Å²) in [5.41, 5.74) is 1.03. The van der Waals surface area contributed by atoms with Crippen molar-refractivity contribution in [3.63, 3.8) is 0 Å². The number of hydrogen-bond donors (Lipinski definition) is 1. The van der Waals surface area contributed by atoms with Gasteiger partial charge in [0, 0.05) is 0 Å². The SMILES string of the molecule is O=C(OCc1ccccc1)[C@@H]1CCCCN1. The molecule has 2 rings (SSSR count). The smallest absolute Gasteiger partial charge is 0.323 e. The van der Waals surface area contributed by atoms with Crippen LogP contribution in [0, 0.1) is 0 Å². The predicted molar refractivity (Wildman–Crippen MR) is 61.9 cm³/mol. The van der Waals surface area contributed by atoms with Gasteiger partial charge in [-0.15, -0.1) is 0 Å². The Balaban J connectivity index is 1.79. The van der Waals surface area contributed by atoms with Gasteiger partial charge in [-0.3, -0.25) is 4.79 Å². The van der Waals surface area contributed by atoms with Crippen LogP contribution in [0.4, 0.5) is 0 Å². The van der Waals surface area contributed by atoms with Crippen molar-refractivity contribution < 1.29 is 9.53 Å². The van der Waals surface area contributed by atoms with Gasteiger partial charge in [-0.2, -0.15) is 0 Å². The number of hydrogen-bond acceptors (Lipinski definition) is 3. The number of benzene rings is 1. The van der Waals surface area contributed by atoms with Gasteiger partial charge in [0.1, 0.15) is 12.6 Å². The second-order valence-electron chi connectivity index (χ2n) is 4.10. The summed E-state index contributed by atoms with van der Waals surface area (Å²) in [5, 5.41) is 3.18. The molecular weight excluding hydrogens is 202 g/mol. The number of rotatable bonds is 3. The number of carbonyl (C=O) groups excluding carboxylic acids is 1. The Morgan fingerprint density at radius 1 is 1.31 bits per heavy atom. The number of nitrogens with one attached hydrogen (secondary N) is 1. The van der Waals surface area contributed by atoms with Crippen molar-refractivity contribution in [1.29, 1.82) is 0 Å². The first-order chi connectivity index (χ1) is 7.86. The molecule has 1 aromatic carbocycles. The Morgan fingerprint density at radius 2 is 2.12 bits per heavy atom. The van der Waals surface area contributed by atoms with E-state index in [4.69, 9.17) is 4.74 Å². The third kappa shape index (κ3) is 3.07. The van der Waals surface area contributed by atoms with Crippen molar-refractivity contribution in [3.8, 4) is 0 Å². The second-order valence-corrected chi connectivity index (χ2v) is 4.10. The largest absolute Gasteiger partial charge is 0.460 e. The van der Waals surface area contributed by atoms with Crippen LogP contribution in [0.25, 0.3) is 0 Å². The maximum Gasteiger partial charge on any atom is 0.323 e. The fourth-order valence-electron chi connectivity index (χ4n) is 1.88. The Morgan fingerprint density at radius 3 is 2.81 bits per heavy atom. The zero-order valence-corrected chi connectivity index (χ0v) is 9.32. The molecule has 0 aromatic heterocycles. The number of piperidine rings is 1. The van der Waals surface area contributed by atoms with Crippen LogP contribution in [-0.4, -0.2) is 18.6 Å². The van der Waals surface area contributed by atoms with Gasteiger partial charge in [0.25, 0.3) is 0 Å². The lowest BCUT2D eigenvalue weighted by molar-refractivity contribution is -0.148. The molecule has 0 spiro atoms.